The fraction of sp³-hybridized carbons (Fsp3) is 0.273. The Labute approximate surface area is 441 Å². The van der Waals surface area contributed by atoms with Gasteiger partial charge in [-0.3, -0.25) is 4.98 Å². The number of para-hydroxylation sites is 2. The zero-order valence-electron chi connectivity index (χ0n) is 42.9. The molecule has 10 aromatic rings. The molecule has 0 N–H and O–H groups in total. The van der Waals surface area contributed by atoms with E-state index in [9.17, 15) is 0 Å². The van der Waals surface area contributed by atoms with Gasteiger partial charge in [0, 0.05) is 37.4 Å². The fourth-order valence-corrected chi connectivity index (χ4v) is 17.1. The van der Waals surface area contributed by atoms with Gasteiger partial charge in [-0.1, -0.05) is 194 Å². The van der Waals surface area contributed by atoms with Gasteiger partial charge in [-0.25, -0.2) is 0 Å². The van der Waals surface area contributed by atoms with Crippen LogP contribution in [0.5, 0.6) is 0 Å². The average molecular weight is 1140 g/mol. The van der Waals surface area contributed by atoms with E-state index in [1.54, 1.807) is 10.8 Å². The predicted molar refractivity (Wildman–Crippen MR) is 301 cm³/mol. The number of imidazole rings is 1. The van der Waals surface area contributed by atoms with E-state index < -0.39 is 8.07 Å². The minimum atomic E-state index is -1.19. The molecule has 2 aliphatic rings. The monoisotopic (exact) mass is 1140 g/mol. The van der Waals surface area contributed by atoms with Crippen molar-refractivity contribution >= 4 is 46.2 Å². The maximum absolute atomic E-state index is 6.77. The van der Waals surface area contributed by atoms with Crippen molar-refractivity contribution in [1.82, 2.24) is 14.5 Å². The van der Waals surface area contributed by atoms with Crippen LogP contribution in [0.3, 0.4) is 0 Å². The molecule has 12 rings (SSSR count). The van der Waals surface area contributed by atoms with Crippen molar-refractivity contribution in [2.24, 2.45) is 0 Å². The van der Waals surface area contributed by atoms with Gasteiger partial charge in [0.15, 0.2) is 0 Å². The maximum Gasteiger partial charge on any atom is 0.121 e. The quantitative estimate of drug-likeness (QED) is 0.118. The summed E-state index contributed by atoms with van der Waals surface area (Å²) in [6.45, 7) is 16.0. The molecule has 0 atom stereocenters. The Morgan fingerprint density at radius 2 is 1.31 bits per heavy atom. The molecule has 0 saturated carbocycles. The van der Waals surface area contributed by atoms with Crippen molar-refractivity contribution in [3.05, 3.63) is 192 Å². The van der Waals surface area contributed by atoms with Crippen molar-refractivity contribution in [3.8, 4) is 50.6 Å². The van der Waals surface area contributed by atoms with E-state index in [0.717, 1.165) is 61.2 Å². The van der Waals surface area contributed by atoms with Crippen LogP contribution in [-0.2, 0) is 31.9 Å². The second-order valence-electron chi connectivity index (χ2n) is 21.9. The fourth-order valence-electron chi connectivity index (χ4n) is 11.7. The molecule has 7 aromatic carbocycles. The van der Waals surface area contributed by atoms with E-state index in [2.05, 4.69) is 199 Å². The smallest absolute Gasteiger partial charge is 0.121 e. The first-order valence-electron chi connectivity index (χ1n) is 26.1. The topological polar surface area (TPSA) is 43.9 Å². The van der Waals surface area contributed by atoms with Gasteiger partial charge in [-0.2, -0.15) is 0 Å². The molecule has 1 spiro atoms. The van der Waals surface area contributed by atoms with E-state index in [1.165, 1.54) is 89.3 Å². The summed E-state index contributed by atoms with van der Waals surface area (Å²) in [6.07, 6.45) is 9.28. The van der Waals surface area contributed by atoms with Gasteiger partial charge in [-0.15, -0.1) is 54.1 Å². The Balaban J connectivity index is 0.000000225. The molecule has 4 nitrogen and oxygen atoms in total. The Bertz CT molecular complexity index is 3490. The number of nitrogens with zero attached hydrogens (tertiary/aromatic N) is 3. The molecule has 2 aliphatic heterocycles. The molecule has 0 bridgehead atoms. The summed E-state index contributed by atoms with van der Waals surface area (Å²) >= 11 is 0. The summed E-state index contributed by atoms with van der Waals surface area (Å²) in [5.41, 5.74) is 18.4. The van der Waals surface area contributed by atoms with Crippen LogP contribution in [0.25, 0.3) is 83.6 Å². The molecule has 1 fully saturated rings. The van der Waals surface area contributed by atoms with Crippen LogP contribution < -0.4 is 5.19 Å². The van der Waals surface area contributed by atoms with Gasteiger partial charge in [0.05, 0.1) is 30.5 Å². The second-order valence-corrected chi connectivity index (χ2v) is 26.5. The standard InChI is InChI=1S/C47H43N2O.C19H22NSi.Ir/c1-29(2)39-26-34(32-20-23-35(24-21-32)47(5,6)7)27-40(30(3)4)44(39)49-42-19-12-11-18-41(42)48-46(49)38-17-13-16-37-36-25-22-33(28-43(36)50-45(37)38)31-14-9-8-10-15-31;1-3-8-16(9-4-1)18-14-17-10-7-13-21(19(17)15-20-18)11-5-2-6-12-21;/h8-16,18-30H,1-7H3;1,3-4,8,14-15H,2,5-7,10-13H2;/q2*-1;. The molecule has 1 saturated heterocycles. The molecule has 365 valence electrons. The summed E-state index contributed by atoms with van der Waals surface area (Å²) < 4.78 is 9.14. The first-order valence-corrected chi connectivity index (χ1v) is 28.7. The third kappa shape index (κ3) is 9.39. The van der Waals surface area contributed by atoms with Gasteiger partial charge in [-0.05, 0) is 104 Å². The van der Waals surface area contributed by atoms with Crippen LogP contribution in [0.2, 0.25) is 18.1 Å². The van der Waals surface area contributed by atoms with Gasteiger partial charge >= 0.3 is 0 Å². The van der Waals surface area contributed by atoms with Crippen molar-refractivity contribution in [1.29, 1.82) is 0 Å². The largest absolute Gasteiger partial charge is 0.501 e. The van der Waals surface area contributed by atoms with Gasteiger partial charge in [0.1, 0.15) is 5.58 Å². The number of aromatic nitrogens is 3. The van der Waals surface area contributed by atoms with E-state index in [-0.39, 0.29) is 37.4 Å². The Kier molecular flexibility index (Phi) is 14.0. The predicted octanol–water partition coefficient (Wildman–Crippen LogP) is 17.6. The molecule has 1 radical (unpaired) electrons. The molecule has 0 aliphatic carbocycles. The Morgan fingerprint density at radius 1 is 0.625 bits per heavy atom. The van der Waals surface area contributed by atoms with Crippen LogP contribution in [-0.4, -0.2) is 22.6 Å². The van der Waals surface area contributed by atoms with Gasteiger partial charge in [0.2, 0.25) is 0 Å². The summed E-state index contributed by atoms with van der Waals surface area (Å²) in [4.78, 5) is 10.1. The zero-order chi connectivity index (χ0) is 48.9. The minimum absolute atomic E-state index is 0. The summed E-state index contributed by atoms with van der Waals surface area (Å²) in [7, 11) is -1.19. The van der Waals surface area contributed by atoms with E-state index in [4.69, 9.17) is 14.4 Å². The molecular formula is C66H65IrN3OSi-2. The van der Waals surface area contributed by atoms with Crippen molar-refractivity contribution in [2.45, 2.75) is 116 Å². The van der Waals surface area contributed by atoms with E-state index in [0.29, 0.717) is 0 Å². The number of pyridine rings is 1. The number of benzene rings is 7. The van der Waals surface area contributed by atoms with Crippen molar-refractivity contribution < 1.29 is 24.5 Å². The molecule has 0 unspecified atom stereocenters. The molecule has 3 aromatic heterocycles. The Hall–Kier alpha value is -6.17. The van der Waals surface area contributed by atoms with E-state index >= 15 is 0 Å². The number of aryl methyl sites for hydroxylation is 1. The van der Waals surface area contributed by atoms with Crippen LogP contribution in [0.1, 0.15) is 108 Å². The van der Waals surface area contributed by atoms with Gasteiger partial charge in [0.25, 0.3) is 0 Å². The number of hydrogen-bond acceptors (Lipinski definition) is 3. The van der Waals surface area contributed by atoms with Crippen LogP contribution >= 0.6 is 0 Å². The number of rotatable bonds is 7. The van der Waals surface area contributed by atoms with E-state index in [1.807, 2.05) is 24.3 Å². The maximum atomic E-state index is 6.77. The Morgan fingerprint density at radius 3 is 2.01 bits per heavy atom. The molecule has 72 heavy (non-hydrogen) atoms. The van der Waals surface area contributed by atoms with Crippen molar-refractivity contribution in [2.75, 3.05) is 0 Å². The number of fused-ring (bicyclic) bond motifs is 6. The van der Waals surface area contributed by atoms with Crippen LogP contribution in [0.4, 0.5) is 0 Å². The van der Waals surface area contributed by atoms with Crippen molar-refractivity contribution in [3.63, 3.8) is 0 Å². The summed E-state index contributed by atoms with van der Waals surface area (Å²) in [6, 6.07) is 65.4. The summed E-state index contributed by atoms with van der Waals surface area (Å²) in [5.74, 6) is 1.38. The third-order valence-corrected chi connectivity index (χ3v) is 21.0. The molecular weight excluding hydrogens is 1070 g/mol. The molecule has 5 heterocycles. The van der Waals surface area contributed by atoms with Gasteiger partial charge < -0.3 is 14.0 Å². The first kappa shape index (κ1) is 49.4. The first-order chi connectivity index (χ1) is 34.5. The average Bonchev–Trinajstić information content (AvgIpc) is 3.97. The number of hydrogen-bond donors (Lipinski definition) is 0. The summed E-state index contributed by atoms with van der Waals surface area (Å²) in [5, 5.41) is 3.85. The zero-order valence-corrected chi connectivity index (χ0v) is 46.3. The SMILES string of the molecule is CC(C)c1cc(-c2ccc(C(C)(C)C)cc2)cc(C(C)C)c1-n1c(-c2[c-]ccc3c2oc2cc(-c4ccccc4)ccc23)nc2ccccc21.[Ir].[c-]1ccccc1-c1cc2c(cn1)[Si]1(CCCCC1)CCC2. The normalized spacial score (nSPS) is 14.4. The molecule has 6 heteroatoms. The minimum Gasteiger partial charge on any atom is -0.501 e. The second kappa shape index (κ2) is 20.4. The van der Waals surface area contributed by atoms with Crippen LogP contribution in [0, 0.1) is 12.1 Å². The number of furan rings is 1. The van der Waals surface area contributed by atoms with Crippen LogP contribution in [0.15, 0.2) is 162 Å². The third-order valence-electron chi connectivity index (χ3n) is 15.5. The molecule has 0 amide bonds.